The number of carbonyl (C=O) groups is 2. The Morgan fingerprint density at radius 3 is 2.69 bits per heavy atom. The molecular formula is C21H24N2O3. The number of ether oxygens (including phenoxy) is 1. The Kier molecular flexibility index (Phi) is 5.38. The normalized spacial score (nSPS) is 15.5. The summed E-state index contributed by atoms with van der Waals surface area (Å²) in [6.45, 7) is 2.44. The minimum atomic E-state index is -0.0607. The Balaban J connectivity index is 1.71. The molecule has 1 unspecified atom stereocenters. The molecule has 136 valence electrons. The number of fused-ring (bicyclic) bond motifs is 1. The van der Waals surface area contributed by atoms with Crippen molar-refractivity contribution < 1.29 is 14.3 Å². The van der Waals surface area contributed by atoms with Gasteiger partial charge in [-0.2, -0.15) is 0 Å². The first-order chi connectivity index (χ1) is 12.4. The summed E-state index contributed by atoms with van der Waals surface area (Å²) in [5.74, 6) is 0.894. The van der Waals surface area contributed by atoms with Gasteiger partial charge < -0.3 is 15.0 Å². The molecule has 1 aliphatic heterocycles. The molecule has 0 radical (unpaired) electrons. The third-order valence-corrected chi connectivity index (χ3v) is 4.41. The molecule has 1 amide bonds. The SMILES string of the molecule is CC(=O)c1ccccc1-c1ccc2c(c1)CC(CNC(=O)CN(C)C)O2. The molecule has 2 aromatic carbocycles. The van der Waals surface area contributed by atoms with E-state index in [1.165, 1.54) is 0 Å². The van der Waals surface area contributed by atoms with Crippen molar-refractivity contribution in [3.8, 4) is 16.9 Å². The number of benzene rings is 2. The molecule has 1 heterocycles. The topological polar surface area (TPSA) is 58.6 Å². The van der Waals surface area contributed by atoms with Crippen LogP contribution in [0.15, 0.2) is 42.5 Å². The fraction of sp³-hybridized carbons (Fsp3) is 0.333. The molecule has 0 spiro atoms. The lowest BCUT2D eigenvalue weighted by Crippen LogP contribution is -2.39. The summed E-state index contributed by atoms with van der Waals surface area (Å²) in [4.78, 5) is 25.5. The molecule has 26 heavy (non-hydrogen) atoms. The highest BCUT2D eigenvalue weighted by Gasteiger charge is 2.24. The van der Waals surface area contributed by atoms with Gasteiger partial charge in [0.25, 0.3) is 0 Å². The van der Waals surface area contributed by atoms with E-state index in [0.29, 0.717) is 13.1 Å². The number of nitrogens with one attached hydrogen (secondary N) is 1. The third-order valence-electron chi connectivity index (χ3n) is 4.41. The van der Waals surface area contributed by atoms with E-state index in [1.807, 2.05) is 55.4 Å². The maximum atomic E-state index is 11.9. The first-order valence-corrected chi connectivity index (χ1v) is 8.75. The molecule has 0 saturated heterocycles. The van der Waals surface area contributed by atoms with Crippen LogP contribution < -0.4 is 10.1 Å². The zero-order chi connectivity index (χ0) is 18.7. The van der Waals surface area contributed by atoms with Gasteiger partial charge in [-0.05, 0) is 49.8 Å². The van der Waals surface area contributed by atoms with E-state index >= 15 is 0 Å². The van der Waals surface area contributed by atoms with Crippen LogP contribution in [0.1, 0.15) is 22.8 Å². The fourth-order valence-electron chi connectivity index (χ4n) is 3.21. The third kappa shape index (κ3) is 4.11. The van der Waals surface area contributed by atoms with Crippen molar-refractivity contribution in [1.29, 1.82) is 0 Å². The van der Waals surface area contributed by atoms with Gasteiger partial charge in [0.2, 0.25) is 5.91 Å². The quantitative estimate of drug-likeness (QED) is 0.812. The lowest BCUT2D eigenvalue weighted by molar-refractivity contribution is -0.122. The number of carbonyl (C=O) groups excluding carboxylic acids is 2. The minimum absolute atomic E-state index is 0.00868. The van der Waals surface area contributed by atoms with Gasteiger partial charge in [0, 0.05) is 12.0 Å². The summed E-state index contributed by atoms with van der Waals surface area (Å²) in [6.07, 6.45) is 0.683. The van der Waals surface area contributed by atoms with Gasteiger partial charge >= 0.3 is 0 Å². The smallest absolute Gasteiger partial charge is 0.234 e. The fourth-order valence-corrected chi connectivity index (χ4v) is 3.21. The van der Waals surface area contributed by atoms with Crippen molar-refractivity contribution in [3.63, 3.8) is 0 Å². The zero-order valence-corrected chi connectivity index (χ0v) is 15.4. The van der Waals surface area contributed by atoms with Gasteiger partial charge in [0.15, 0.2) is 5.78 Å². The maximum Gasteiger partial charge on any atom is 0.234 e. The van der Waals surface area contributed by atoms with Gasteiger partial charge in [-0.1, -0.05) is 30.3 Å². The molecule has 0 aliphatic carbocycles. The summed E-state index contributed by atoms with van der Waals surface area (Å²) in [5, 5.41) is 2.91. The van der Waals surface area contributed by atoms with Crippen molar-refractivity contribution in [2.24, 2.45) is 0 Å². The zero-order valence-electron chi connectivity index (χ0n) is 15.4. The highest BCUT2D eigenvalue weighted by atomic mass is 16.5. The summed E-state index contributed by atoms with van der Waals surface area (Å²) in [5.41, 5.74) is 3.77. The van der Waals surface area contributed by atoms with Gasteiger partial charge in [0.1, 0.15) is 11.9 Å². The maximum absolute atomic E-state index is 11.9. The molecule has 5 heteroatoms. The van der Waals surface area contributed by atoms with Crippen LogP contribution in [0, 0.1) is 0 Å². The highest BCUT2D eigenvalue weighted by molar-refractivity contribution is 6.00. The largest absolute Gasteiger partial charge is 0.488 e. The lowest BCUT2D eigenvalue weighted by Gasteiger charge is -2.13. The molecule has 0 bridgehead atoms. The van der Waals surface area contributed by atoms with Crippen LogP contribution in [-0.4, -0.2) is 49.9 Å². The molecule has 1 aliphatic rings. The second-order valence-corrected chi connectivity index (χ2v) is 6.91. The standard InChI is InChI=1S/C21H24N2O3/c1-14(24)18-6-4-5-7-19(18)15-8-9-20-16(10-15)11-17(26-20)12-22-21(25)13-23(2)3/h4-10,17H,11-13H2,1-3H3,(H,22,25). The van der Waals surface area contributed by atoms with Crippen molar-refractivity contribution in [2.75, 3.05) is 27.2 Å². The van der Waals surface area contributed by atoms with Crippen LogP contribution in [0.25, 0.3) is 11.1 Å². The van der Waals surface area contributed by atoms with Crippen LogP contribution in [0.5, 0.6) is 5.75 Å². The number of hydrogen-bond donors (Lipinski definition) is 1. The average Bonchev–Trinajstić information content (AvgIpc) is 3.01. The molecule has 5 nitrogen and oxygen atoms in total. The van der Waals surface area contributed by atoms with Crippen LogP contribution in [-0.2, 0) is 11.2 Å². The summed E-state index contributed by atoms with van der Waals surface area (Å²) >= 11 is 0. The van der Waals surface area contributed by atoms with Crippen molar-refractivity contribution >= 4 is 11.7 Å². The molecule has 0 saturated carbocycles. The first kappa shape index (κ1) is 18.1. The van der Waals surface area contributed by atoms with Crippen LogP contribution in [0.3, 0.4) is 0 Å². The highest BCUT2D eigenvalue weighted by Crippen LogP contribution is 2.34. The Hall–Kier alpha value is -2.66. The van der Waals surface area contributed by atoms with Crippen molar-refractivity contribution in [2.45, 2.75) is 19.4 Å². The Labute approximate surface area is 154 Å². The van der Waals surface area contributed by atoms with E-state index in [1.54, 1.807) is 6.92 Å². The second-order valence-electron chi connectivity index (χ2n) is 6.91. The minimum Gasteiger partial charge on any atom is -0.488 e. The Bertz CT molecular complexity index is 830. The number of Topliss-reactive ketones (excluding diaryl/α,β-unsaturated/α-hetero) is 1. The second kappa shape index (κ2) is 7.70. The van der Waals surface area contributed by atoms with Crippen molar-refractivity contribution in [1.82, 2.24) is 10.2 Å². The van der Waals surface area contributed by atoms with Crippen LogP contribution >= 0.6 is 0 Å². The molecule has 1 atom stereocenters. The molecule has 0 fully saturated rings. The molecule has 3 rings (SSSR count). The number of ketones is 1. The summed E-state index contributed by atoms with van der Waals surface area (Å²) in [6, 6.07) is 13.6. The Morgan fingerprint density at radius 1 is 1.19 bits per heavy atom. The molecule has 1 N–H and O–H groups in total. The van der Waals surface area contributed by atoms with E-state index < -0.39 is 0 Å². The number of nitrogens with zero attached hydrogens (tertiary/aromatic N) is 1. The van der Waals surface area contributed by atoms with Crippen LogP contribution in [0.4, 0.5) is 0 Å². The monoisotopic (exact) mass is 352 g/mol. The number of hydrogen-bond acceptors (Lipinski definition) is 4. The van der Waals surface area contributed by atoms with E-state index in [9.17, 15) is 9.59 Å². The number of likely N-dealkylation sites (N-methyl/N-ethyl adjacent to an activating group) is 1. The number of rotatable bonds is 6. The molecular weight excluding hydrogens is 328 g/mol. The molecule has 0 aromatic heterocycles. The summed E-state index contributed by atoms with van der Waals surface area (Å²) in [7, 11) is 3.73. The van der Waals surface area contributed by atoms with E-state index in [-0.39, 0.29) is 17.8 Å². The molecule has 2 aromatic rings. The van der Waals surface area contributed by atoms with E-state index in [0.717, 1.165) is 34.4 Å². The van der Waals surface area contributed by atoms with Gasteiger partial charge in [-0.25, -0.2) is 0 Å². The first-order valence-electron chi connectivity index (χ1n) is 8.75. The average molecular weight is 352 g/mol. The van der Waals surface area contributed by atoms with Gasteiger partial charge in [-0.3, -0.25) is 9.59 Å². The predicted molar refractivity (Wildman–Crippen MR) is 102 cm³/mol. The number of amides is 1. The lowest BCUT2D eigenvalue weighted by atomic mass is 9.95. The van der Waals surface area contributed by atoms with Crippen LogP contribution in [0.2, 0.25) is 0 Å². The summed E-state index contributed by atoms with van der Waals surface area (Å²) < 4.78 is 5.94. The van der Waals surface area contributed by atoms with Gasteiger partial charge in [-0.15, -0.1) is 0 Å². The van der Waals surface area contributed by atoms with Gasteiger partial charge in [0.05, 0.1) is 13.1 Å². The van der Waals surface area contributed by atoms with E-state index in [2.05, 4.69) is 11.4 Å². The Morgan fingerprint density at radius 2 is 1.96 bits per heavy atom. The predicted octanol–water partition coefficient (Wildman–Crippen LogP) is 2.54. The van der Waals surface area contributed by atoms with Crippen molar-refractivity contribution in [3.05, 3.63) is 53.6 Å². The van der Waals surface area contributed by atoms with E-state index in [4.69, 9.17) is 4.74 Å².